The number of carboxylic acid groups (broad SMARTS) is 1. The maximum atomic E-state index is 11.0. The highest BCUT2D eigenvalue weighted by molar-refractivity contribution is 6.01. The lowest BCUT2D eigenvalue weighted by Gasteiger charge is -2.06. The molecule has 1 atom stereocenters. The first kappa shape index (κ1) is 13.3. The van der Waals surface area contributed by atoms with Crippen molar-refractivity contribution in [2.24, 2.45) is 4.99 Å². The van der Waals surface area contributed by atoms with Crippen LogP contribution in [0, 0.1) is 6.92 Å². The van der Waals surface area contributed by atoms with E-state index in [4.69, 9.17) is 9.94 Å². The average molecular weight is 282 g/mol. The fraction of sp³-hybridized carbons (Fsp3) is 0.125. The maximum absolute atomic E-state index is 11.0. The molecule has 1 unspecified atom stereocenters. The van der Waals surface area contributed by atoms with Crippen molar-refractivity contribution in [1.29, 1.82) is 0 Å². The third-order valence-electron chi connectivity index (χ3n) is 3.22. The quantitative estimate of drug-likeness (QED) is 0.908. The molecular weight excluding hydrogens is 268 g/mol. The minimum Gasteiger partial charge on any atom is -0.478 e. The van der Waals surface area contributed by atoms with Crippen LogP contribution in [-0.4, -0.2) is 16.9 Å². The number of rotatable bonds is 3. The largest absolute Gasteiger partial charge is 0.478 e. The van der Waals surface area contributed by atoms with Gasteiger partial charge in [0.25, 0.3) is 0 Å². The predicted octanol–water partition coefficient (Wildman–Crippen LogP) is 2.67. The number of aromatic carboxylic acids is 1. The van der Waals surface area contributed by atoms with Gasteiger partial charge in [0.05, 0.1) is 5.56 Å². The number of carboxylic acids is 1. The second kappa shape index (κ2) is 5.38. The minimum atomic E-state index is -0.966. The molecule has 3 rings (SSSR count). The molecule has 0 bridgehead atoms. The Morgan fingerprint density at radius 3 is 2.81 bits per heavy atom. The molecule has 106 valence electrons. The monoisotopic (exact) mass is 282 g/mol. The summed E-state index contributed by atoms with van der Waals surface area (Å²) in [7, 11) is 0. The molecular formula is C16H14N2O3. The van der Waals surface area contributed by atoms with E-state index in [2.05, 4.69) is 10.5 Å². The van der Waals surface area contributed by atoms with Gasteiger partial charge in [0.2, 0.25) is 6.23 Å². The second-order valence-electron chi connectivity index (χ2n) is 4.85. The summed E-state index contributed by atoms with van der Waals surface area (Å²) in [6.45, 7) is 2.01. The van der Waals surface area contributed by atoms with Gasteiger partial charge in [0.1, 0.15) is 0 Å². The van der Waals surface area contributed by atoms with Crippen LogP contribution in [-0.2, 0) is 4.84 Å². The number of hydrogen-bond acceptors (Lipinski definition) is 4. The molecule has 0 saturated carbocycles. The van der Waals surface area contributed by atoms with Crippen molar-refractivity contribution in [2.45, 2.75) is 13.2 Å². The van der Waals surface area contributed by atoms with Gasteiger partial charge in [0, 0.05) is 11.1 Å². The van der Waals surface area contributed by atoms with Crippen LogP contribution < -0.4 is 5.48 Å². The van der Waals surface area contributed by atoms with Crippen molar-refractivity contribution < 1.29 is 14.7 Å². The number of benzene rings is 2. The van der Waals surface area contributed by atoms with Crippen molar-refractivity contribution in [1.82, 2.24) is 5.48 Å². The molecule has 0 spiro atoms. The lowest BCUT2D eigenvalue weighted by molar-refractivity contribution is 0.0376. The third kappa shape index (κ3) is 2.78. The SMILES string of the molecule is Cc1cccc(C2N=C(c3cccc(C(=O)O)c3)NO2)c1. The number of amidine groups is 1. The van der Waals surface area contributed by atoms with Gasteiger partial charge in [-0.3, -0.25) is 0 Å². The molecule has 1 heterocycles. The summed E-state index contributed by atoms with van der Waals surface area (Å²) in [6.07, 6.45) is -0.423. The third-order valence-corrected chi connectivity index (χ3v) is 3.22. The van der Waals surface area contributed by atoms with Gasteiger partial charge in [-0.1, -0.05) is 42.0 Å². The van der Waals surface area contributed by atoms with Crippen molar-refractivity contribution in [3.8, 4) is 0 Å². The normalized spacial score (nSPS) is 17.2. The first-order valence-corrected chi connectivity index (χ1v) is 6.53. The van der Waals surface area contributed by atoms with Gasteiger partial charge in [0.15, 0.2) is 5.84 Å². The highest BCUT2D eigenvalue weighted by Crippen LogP contribution is 2.24. The molecule has 1 aliphatic heterocycles. The zero-order chi connectivity index (χ0) is 14.8. The molecule has 2 aromatic rings. The Kier molecular flexibility index (Phi) is 3.41. The summed E-state index contributed by atoms with van der Waals surface area (Å²) < 4.78 is 0. The van der Waals surface area contributed by atoms with Crippen molar-refractivity contribution in [3.05, 3.63) is 70.8 Å². The van der Waals surface area contributed by atoms with Crippen LogP contribution in [0.2, 0.25) is 0 Å². The number of nitrogens with zero attached hydrogens (tertiary/aromatic N) is 1. The van der Waals surface area contributed by atoms with Gasteiger partial charge < -0.3 is 5.11 Å². The highest BCUT2D eigenvalue weighted by Gasteiger charge is 2.21. The van der Waals surface area contributed by atoms with E-state index >= 15 is 0 Å². The summed E-state index contributed by atoms with van der Waals surface area (Å²) in [5.74, 6) is -0.434. The van der Waals surface area contributed by atoms with E-state index in [1.165, 1.54) is 0 Å². The van der Waals surface area contributed by atoms with Gasteiger partial charge in [-0.15, -0.1) is 0 Å². The zero-order valence-electron chi connectivity index (χ0n) is 11.4. The fourth-order valence-electron chi connectivity index (χ4n) is 2.18. The van der Waals surface area contributed by atoms with Crippen LogP contribution in [0.1, 0.15) is 33.3 Å². The van der Waals surface area contributed by atoms with E-state index < -0.39 is 12.2 Å². The van der Waals surface area contributed by atoms with E-state index in [1.54, 1.807) is 24.3 Å². The Morgan fingerprint density at radius 2 is 2.05 bits per heavy atom. The van der Waals surface area contributed by atoms with Crippen LogP contribution in [0.15, 0.2) is 53.5 Å². The summed E-state index contributed by atoms with van der Waals surface area (Å²) >= 11 is 0. The Bertz CT molecular complexity index is 725. The van der Waals surface area contributed by atoms with E-state index in [9.17, 15) is 4.79 Å². The standard InChI is InChI=1S/C16H14N2O3/c1-10-4-2-6-12(8-10)15-17-14(18-21-15)11-5-3-7-13(9-11)16(19)20/h2-9,15H,1H3,(H,17,18)(H,19,20). The number of aliphatic imine (C=N–C) groups is 1. The molecule has 0 radical (unpaired) electrons. The maximum Gasteiger partial charge on any atom is 0.335 e. The molecule has 1 aliphatic rings. The molecule has 0 aliphatic carbocycles. The second-order valence-corrected chi connectivity index (χ2v) is 4.85. The highest BCUT2D eigenvalue weighted by atomic mass is 16.7. The average Bonchev–Trinajstić information content (AvgIpc) is 2.97. The van der Waals surface area contributed by atoms with Crippen molar-refractivity contribution in [3.63, 3.8) is 0 Å². The minimum absolute atomic E-state index is 0.219. The first-order chi connectivity index (χ1) is 10.1. The molecule has 21 heavy (non-hydrogen) atoms. The smallest absolute Gasteiger partial charge is 0.335 e. The van der Waals surface area contributed by atoms with Gasteiger partial charge in [-0.05, 0) is 19.1 Å². The van der Waals surface area contributed by atoms with Gasteiger partial charge in [-0.2, -0.15) is 0 Å². The Balaban J connectivity index is 1.89. The van der Waals surface area contributed by atoms with Crippen LogP contribution >= 0.6 is 0 Å². The van der Waals surface area contributed by atoms with Crippen molar-refractivity contribution in [2.75, 3.05) is 0 Å². The van der Waals surface area contributed by atoms with E-state index in [0.717, 1.165) is 11.1 Å². The molecule has 2 aromatic carbocycles. The van der Waals surface area contributed by atoms with Gasteiger partial charge in [-0.25, -0.2) is 20.1 Å². The van der Waals surface area contributed by atoms with Crippen LogP contribution in [0.3, 0.4) is 0 Å². The lowest BCUT2D eigenvalue weighted by atomic mass is 10.1. The zero-order valence-corrected chi connectivity index (χ0v) is 11.4. The molecule has 5 nitrogen and oxygen atoms in total. The van der Waals surface area contributed by atoms with Crippen LogP contribution in [0.5, 0.6) is 0 Å². The Hall–Kier alpha value is -2.66. The number of hydrogen-bond donors (Lipinski definition) is 2. The van der Waals surface area contributed by atoms with Crippen LogP contribution in [0.4, 0.5) is 0 Å². The molecule has 5 heteroatoms. The predicted molar refractivity (Wildman–Crippen MR) is 78.1 cm³/mol. The number of aryl methyl sites for hydroxylation is 1. The topological polar surface area (TPSA) is 70.9 Å². The Morgan fingerprint density at radius 1 is 1.24 bits per heavy atom. The number of nitrogens with one attached hydrogen (secondary N) is 1. The lowest BCUT2D eigenvalue weighted by Crippen LogP contribution is -2.18. The molecule has 0 aromatic heterocycles. The van der Waals surface area contributed by atoms with E-state index in [-0.39, 0.29) is 5.56 Å². The summed E-state index contributed by atoms with van der Waals surface area (Å²) in [5, 5.41) is 9.02. The molecule has 0 amide bonds. The van der Waals surface area contributed by atoms with Crippen LogP contribution in [0.25, 0.3) is 0 Å². The number of hydroxylamine groups is 1. The molecule has 0 fully saturated rings. The number of carbonyl (C=O) groups is 1. The molecule has 2 N–H and O–H groups in total. The van der Waals surface area contributed by atoms with Gasteiger partial charge >= 0.3 is 5.97 Å². The van der Waals surface area contributed by atoms with E-state index in [0.29, 0.717) is 11.4 Å². The summed E-state index contributed by atoms with van der Waals surface area (Å²) in [4.78, 5) is 20.9. The van der Waals surface area contributed by atoms with E-state index in [1.807, 2.05) is 31.2 Å². The first-order valence-electron chi connectivity index (χ1n) is 6.53. The Labute approximate surface area is 121 Å². The molecule has 0 saturated heterocycles. The fourth-order valence-corrected chi connectivity index (χ4v) is 2.18. The summed E-state index contributed by atoms with van der Waals surface area (Å²) in [6, 6.07) is 14.5. The summed E-state index contributed by atoms with van der Waals surface area (Å²) in [5.41, 5.74) is 5.75. The van der Waals surface area contributed by atoms with Crippen molar-refractivity contribution >= 4 is 11.8 Å².